The van der Waals surface area contributed by atoms with Gasteiger partial charge in [-0.25, -0.2) is 15.7 Å². The Balaban J connectivity index is 1.93. The standard InChI is InChI=1S/C18H15N3O5/c22-16(21-26)10-5-12-1-6-14(7-2-12)17(23)20-19-11-13-3-8-15(9-4-13)18(24)25/h1-11,26H,(H,20,23)(H,21,22)(H,24,25). The molecule has 8 nitrogen and oxygen atoms in total. The monoisotopic (exact) mass is 353 g/mol. The van der Waals surface area contributed by atoms with Crippen molar-refractivity contribution in [2.24, 2.45) is 5.10 Å². The van der Waals surface area contributed by atoms with Crippen molar-refractivity contribution in [2.45, 2.75) is 0 Å². The van der Waals surface area contributed by atoms with Gasteiger partial charge in [-0.05, 0) is 41.5 Å². The van der Waals surface area contributed by atoms with Gasteiger partial charge in [-0.3, -0.25) is 14.8 Å². The Bertz CT molecular complexity index is 855. The lowest BCUT2D eigenvalue weighted by molar-refractivity contribution is -0.124. The molecule has 0 unspecified atom stereocenters. The molecule has 0 saturated heterocycles. The van der Waals surface area contributed by atoms with Gasteiger partial charge >= 0.3 is 5.97 Å². The molecule has 0 fully saturated rings. The zero-order valence-electron chi connectivity index (χ0n) is 13.4. The number of hydrogen-bond donors (Lipinski definition) is 4. The SMILES string of the molecule is O=C(C=Cc1ccc(C(=O)NN=Cc2ccc(C(=O)O)cc2)cc1)NO. The van der Waals surface area contributed by atoms with Crippen LogP contribution in [-0.4, -0.2) is 34.3 Å². The van der Waals surface area contributed by atoms with Crippen LogP contribution in [0.25, 0.3) is 6.08 Å². The highest BCUT2D eigenvalue weighted by Gasteiger charge is 2.04. The van der Waals surface area contributed by atoms with E-state index in [0.29, 0.717) is 16.7 Å². The molecule has 0 atom stereocenters. The van der Waals surface area contributed by atoms with Gasteiger partial charge in [-0.15, -0.1) is 0 Å². The number of carboxylic acids is 1. The largest absolute Gasteiger partial charge is 0.478 e. The van der Waals surface area contributed by atoms with Crippen LogP contribution in [0.4, 0.5) is 0 Å². The van der Waals surface area contributed by atoms with Crippen molar-refractivity contribution in [3.05, 3.63) is 76.9 Å². The number of nitrogens with zero attached hydrogens (tertiary/aromatic N) is 1. The molecule has 0 radical (unpaired) electrons. The molecule has 0 saturated carbocycles. The van der Waals surface area contributed by atoms with E-state index in [9.17, 15) is 14.4 Å². The summed E-state index contributed by atoms with van der Waals surface area (Å²) in [7, 11) is 0. The lowest BCUT2D eigenvalue weighted by Crippen LogP contribution is -2.17. The van der Waals surface area contributed by atoms with Gasteiger partial charge in [-0.2, -0.15) is 5.10 Å². The van der Waals surface area contributed by atoms with Crippen LogP contribution in [0.2, 0.25) is 0 Å². The molecule has 2 aromatic rings. The van der Waals surface area contributed by atoms with Crippen LogP contribution in [0.5, 0.6) is 0 Å². The van der Waals surface area contributed by atoms with Crippen LogP contribution in [-0.2, 0) is 4.79 Å². The highest BCUT2D eigenvalue weighted by molar-refractivity contribution is 5.95. The summed E-state index contributed by atoms with van der Waals surface area (Å²) in [5.74, 6) is -2.10. The van der Waals surface area contributed by atoms with Gasteiger partial charge in [0.05, 0.1) is 11.8 Å². The maximum Gasteiger partial charge on any atom is 0.335 e. The fraction of sp³-hybridized carbons (Fsp3) is 0. The Morgan fingerprint density at radius 1 is 0.885 bits per heavy atom. The second-order valence-electron chi connectivity index (χ2n) is 5.06. The van der Waals surface area contributed by atoms with E-state index in [0.717, 1.165) is 6.08 Å². The van der Waals surface area contributed by atoms with Crippen molar-refractivity contribution in [3.8, 4) is 0 Å². The number of nitrogens with one attached hydrogen (secondary N) is 2. The first-order valence-electron chi connectivity index (χ1n) is 7.38. The molecular formula is C18H15N3O5. The fourth-order valence-corrected chi connectivity index (χ4v) is 1.90. The van der Waals surface area contributed by atoms with E-state index in [2.05, 4.69) is 10.5 Å². The molecule has 0 bridgehead atoms. The van der Waals surface area contributed by atoms with Gasteiger partial charge in [0.25, 0.3) is 11.8 Å². The Morgan fingerprint density at radius 3 is 2.04 bits per heavy atom. The molecule has 0 aliphatic heterocycles. The van der Waals surface area contributed by atoms with E-state index >= 15 is 0 Å². The minimum Gasteiger partial charge on any atom is -0.478 e. The van der Waals surface area contributed by atoms with E-state index in [-0.39, 0.29) is 5.56 Å². The number of hydrazone groups is 1. The number of amides is 2. The summed E-state index contributed by atoms with van der Waals surface area (Å²) in [6.07, 6.45) is 4.02. The Labute approximate surface area is 148 Å². The summed E-state index contributed by atoms with van der Waals surface area (Å²) in [5.41, 5.74) is 5.68. The van der Waals surface area contributed by atoms with Crippen LogP contribution in [0.3, 0.4) is 0 Å². The number of carbonyl (C=O) groups excluding carboxylic acids is 2. The van der Waals surface area contributed by atoms with E-state index in [1.165, 1.54) is 29.9 Å². The summed E-state index contributed by atoms with van der Waals surface area (Å²) >= 11 is 0. The zero-order valence-corrected chi connectivity index (χ0v) is 13.4. The third kappa shape index (κ3) is 5.39. The first kappa shape index (κ1) is 18.6. The molecule has 0 aliphatic carbocycles. The number of carbonyl (C=O) groups is 3. The highest BCUT2D eigenvalue weighted by atomic mass is 16.5. The van der Waals surface area contributed by atoms with Crippen LogP contribution in [0.1, 0.15) is 31.8 Å². The van der Waals surface area contributed by atoms with Crippen molar-refractivity contribution in [1.82, 2.24) is 10.9 Å². The summed E-state index contributed by atoms with van der Waals surface area (Å²) in [4.78, 5) is 33.6. The van der Waals surface area contributed by atoms with Crippen LogP contribution < -0.4 is 10.9 Å². The van der Waals surface area contributed by atoms with Gasteiger partial charge in [0.2, 0.25) is 0 Å². The van der Waals surface area contributed by atoms with Crippen LogP contribution in [0.15, 0.2) is 59.7 Å². The first-order chi connectivity index (χ1) is 12.5. The molecule has 2 rings (SSSR count). The van der Waals surface area contributed by atoms with E-state index < -0.39 is 17.8 Å². The highest BCUT2D eigenvalue weighted by Crippen LogP contribution is 2.06. The Morgan fingerprint density at radius 2 is 1.46 bits per heavy atom. The number of carboxylic acid groups (broad SMARTS) is 1. The minimum atomic E-state index is -1.02. The van der Waals surface area contributed by atoms with Crippen molar-refractivity contribution < 1.29 is 24.7 Å². The maximum atomic E-state index is 12.0. The number of hydroxylamine groups is 1. The number of benzene rings is 2. The summed E-state index contributed by atoms with van der Waals surface area (Å²) in [6.45, 7) is 0. The van der Waals surface area contributed by atoms with Gasteiger partial charge in [0.1, 0.15) is 0 Å². The average molecular weight is 353 g/mol. The molecule has 0 aliphatic rings. The van der Waals surface area contributed by atoms with Crippen molar-refractivity contribution in [1.29, 1.82) is 0 Å². The molecule has 132 valence electrons. The smallest absolute Gasteiger partial charge is 0.335 e. The van der Waals surface area contributed by atoms with E-state index in [1.54, 1.807) is 36.4 Å². The third-order valence-corrected chi connectivity index (χ3v) is 3.25. The summed E-state index contributed by atoms with van der Waals surface area (Å²) in [5, 5.41) is 21.0. The number of hydrogen-bond acceptors (Lipinski definition) is 5. The van der Waals surface area contributed by atoms with Crippen molar-refractivity contribution in [3.63, 3.8) is 0 Å². The number of aromatic carboxylic acids is 1. The third-order valence-electron chi connectivity index (χ3n) is 3.25. The lowest BCUT2D eigenvalue weighted by Gasteiger charge is -2.01. The molecule has 26 heavy (non-hydrogen) atoms. The predicted molar refractivity (Wildman–Crippen MR) is 93.9 cm³/mol. The molecule has 8 heteroatoms. The second-order valence-corrected chi connectivity index (χ2v) is 5.06. The van der Waals surface area contributed by atoms with Gasteiger partial charge in [0, 0.05) is 11.6 Å². The Kier molecular flexibility index (Phi) is 6.35. The van der Waals surface area contributed by atoms with Gasteiger partial charge in [0.15, 0.2) is 0 Å². The van der Waals surface area contributed by atoms with Crippen molar-refractivity contribution >= 4 is 30.1 Å². The fourth-order valence-electron chi connectivity index (χ4n) is 1.90. The van der Waals surface area contributed by atoms with Crippen LogP contribution >= 0.6 is 0 Å². The molecule has 2 amide bonds. The minimum absolute atomic E-state index is 0.164. The van der Waals surface area contributed by atoms with Gasteiger partial charge < -0.3 is 5.11 Å². The topological polar surface area (TPSA) is 128 Å². The predicted octanol–water partition coefficient (Wildman–Crippen LogP) is 1.67. The molecule has 0 aromatic heterocycles. The van der Waals surface area contributed by atoms with Crippen molar-refractivity contribution in [2.75, 3.05) is 0 Å². The molecule has 2 aromatic carbocycles. The first-order valence-corrected chi connectivity index (χ1v) is 7.38. The molecule has 0 spiro atoms. The number of rotatable bonds is 6. The quantitative estimate of drug-likeness (QED) is 0.272. The average Bonchev–Trinajstić information content (AvgIpc) is 2.66. The molecule has 4 N–H and O–H groups in total. The zero-order chi connectivity index (χ0) is 18.9. The normalized spacial score (nSPS) is 10.8. The maximum absolute atomic E-state index is 12.0. The molecular weight excluding hydrogens is 338 g/mol. The van der Waals surface area contributed by atoms with E-state index in [4.69, 9.17) is 10.3 Å². The van der Waals surface area contributed by atoms with Crippen LogP contribution in [0, 0.1) is 0 Å². The summed E-state index contributed by atoms with van der Waals surface area (Å²) < 4.78 is 0. The van der Waals surface area contributed by atoms with Gasteiger partial charge in [-0.1, -0.05) is 24.3 Å². The van der Waals surface area contributed by atoms with E-state index in [1.807, 2.05) is 0 Å². The Hall–Kier alpha value is -3.78. The lowest BCUT2D eigenvalue weighted by atomic mass is 10.1. The molecule has 0 heterocycles. The summed E-state index contributed by atoms with van der Waals surface area (Å²) in [6, 6.07) is 12.4. The second kappa shape index (κ2) is 8.90.